The molecule has 0 aliphatic carbocycles. The normalized spacial score (nSPS) is 15.5. The van der Waals surface area contributed by atoms with Gasteiger partial charge in [0.15, 0.2) is 5.65 Å². The molecule has 1 unspecified atom stereocenters. The Labute approximate surface area is 206 Å². The Bertz CT molecular complexity index is 1270. The molecular weight excluding hydrogens is 468 g/mol. The standard InChI is InChI=1S/C26H25F2N5OS/c27-20-5-1-17(2-6-20)23(18-3-7-21(28)8-4-18)19-9-11-33(12-10-19)13-22(34)14-35-26-24-25(30-15-29-24)31-16-32-26/h1-8,15-16,22,34H,9-14H2,(H,29,30,31,32). The zero-order valence-electron chi connectivity index (χ0n) is 19.0. The van der Waals surface area contributed by atoms with Gasteiger partial charge in [-0.05, 0) is 53.8 Å². The van der Waals surface area contributed by atoms with Crippen LogP contribution in [0.1, 0.15) is 24.0 Å². The highest BCUT2D eigenvalue weighted by Crippen LogP contribution is 2.33. The number of β-amino-alcohol motifs (C(OH)–C–C–N with tert-alkyl or cyclic N) is 1. The van der Waals surface area contributed by atoms with Crippen LogP contribution in [-0.2, 0) is 0 Å². The smallest absolute Gasteiger partial charge is 0.181 e. The first-order valence-electron chi connectivity index (χ1n) is 11.5. The molecule has 0 bridgehead atoms. The van der Waals surface area contributed by atoms with Gasteiger partial charge in [-0.1, -0.05) is 29.8 Å². The Hall–Kier alpha value is -3.14. The highest BCUT2D eigenvalue weighted by molar-refractivity contribution is 7.99. The number of likely N-dealkylation sites (tertiary alicyclic amines) is 1. The van der Waals surface area contributed by atoms with Gasteiger partial charge in [0.05, 0.1) is 12.4 Å². The van der Waals surface area contributed by atoms with E-state index in [4.69, 9.17) is 0 Å². The Morgan fingerprint density at radius 3 is 2.20 bits per heavy atom. The number of H-pyrrole nitrogens is 1. The van der Waals surface area contributed by atoms with Gasteiger partial charge in [0.1, 0.15) is 28.5 Å². The van der Waals surface area contributed by atoms with Gasteiger partial charge in [0.25, 0.3) is 0 Å². The van der Waals surface area contributed by atoms with E-state index in [0.717, 1.165) is 53.2 Å². The van der Waals surface area contributed by atoms with E-state index in [1.807, 2.05) is 0 Å². The van der Waals surface area contributed by atoms with Gasteiger partial charge < -0.3 is 15.0 Å². The van der Waals surface area contributed by atoms with E-state index < -0.39 is 6.10 Å². The number of thioether (sulfide) groups is 1. The highest BCUT2D eigenvalue weighted by atomic mass is 32.2. The fourth-order valence-corrected chi connectivity index (χ4v) is 5.31. The van der Waals surface area contributed by atoms with Crippen molar-refractivity contribution >= 4 is 28.5 Å². The van der Waals surface area contributed by atoms with Crippen molar-refractivity contribution in [1.29, 1.82) is 0 Å². The summed E-state index contributed by atoms with van der Waals surface area (Å²) in [6.45, 7) is 2.18. The lowest BCUT2D eigenvalue weighted by Gasteiger charge is -2.31. The third-order valence-corrected chi connectivity index (χ3v) is 7.28. The Morgan fingerprint density at radius 2 is 1.57 bits per heavy atom. The molecule has 6 nitrogen and oxygen atoms in total. The van der Waals surface area contributed by atoms with Gasteiger partial charge in [0, 0.05) is 25.4 Å². The number of piperidine rings is 1. The Kier molecular flexibility index (Phi) is 7.17. The third-order valence-electron chi connectivity index (χ3n) is 6.15. The summed E-state index contributed by atoms with van der Waals surface area (Å²) in [5.74, 6) is -0.0518. The SMILES string of the molecule is OC(CSc1ncnc2nc[nH]c12)CN1CCC(=C(c2ccc(F)cc2)c2ccc(F)cc2)CC1. The van der Waals surface area contributed by atoms with Crippen LogP contribution in [0.4, 0.5) is 8.78 Å². The first-order valence-corrected chi connectivity index (χ1v) is 12.5. The van der Waals surface area contributed by atoms with E-state index in [1.54, 1.807) is 30.6 Å². The van der Waals surface area contributed by atoms with E-state index >= 15 is 0 Å². The van der Waals surface area contributed by atoms with Gasteiger partial charge in [-0.2, -0.15) is 0 Å². The van der Waals surface area contributed by atoms with E-state index in [0.29, 0.717) is 17.9 Å². The van der Waals surface area contributed by atoms with Crippen molar-refractivity contribution in [3.05, 3.63) is 89.5 Å². The van der Waals surface area contributed by atoms with Crippen molar-refractivity contribution in [2.75, 3.05) is 25.4 Å². The maximum absolute atomic E-state index is 13.5. The summed E-state index contributed by atoms with van der Waals surface area (Å²) in [6.07, 6.45) is 4.21. The predicted octanol–water partition coefficient (Wildman–Crippen LogP) is 4.68. The van der Waals surface area contributed by atoms with Crippen LogP contribution in [0, 0.1) is 11.6 Å². The lowest BCUT2D eigenvalue weighted by Crippen LogP contribution is -2.38. The second-order valence-electron chi connectivity index (χ2n) is 8.54. The number of rotatable bonds is 7. The van der Waals surface area contributed by atoms with Gasteiger partial charge in [-0.3, -0.25) is 0 Å². The highest BCUT2D eigenvalue weighted by Gasteiger charge is 2.21. The second-order valence-corrected chi connectivity index (χ2v) is 9.55. The van der Waals surface area contributed by atoms with E-state index in [2.05, 4.69) is 24.8 Å². The molecule has 1 fully saturated rings. The number of hydrogen-bond donors (Lipinski definition) is 2. The van der Waals surface area contributed by atoms with Crippen LogP contribution in [-0.4, -0.2) is 61.4 Å². The number of aromatic nitrogens is 4. The minimum atomic E-state index is -0.507. The van der Waals surface area contributed by atoms with E-state index in [-0.39, 0.29) is 11.6 Å². The summed E-state index contributed by atoms with van der Waals surface area (Å²) < 4.78 is 27.1. The molecule has 35 heavy (non-hydrogen) atoms. The summed E-state index contributed by atoms with van der Waals surface area (Å²) in [6, 6.07) is 12.9. The number of halogens is 2. The van der Waals surface area contributed by atoms with Crippen LogP contribution in [0.25, 0.3) is 16.7 Å². The average Bonchev–Trinajstić information content (AvgIpc) is 3.36. The number of hydrogen-bond acceptors (Lipinski definition) is 6. The first kappa shape index (κ1) is 23.6. The third kappa shape index (κ3) is 5.58. The minimum Gasteiger partial charge on any atom is -0.391 e. The average molecular weight is 494 g/mol. The molecule has 1 aliphatic heterocycles. The minimum absolute atomic E-state index is 0.283. The molecule has 9 heteroatoms. The Morgan fingerprint density at radius 1 is 0.943 bits per heavy atom. The van der Waals surface area contributed by atoms with Crippen LogP contribution >= 0.6 is 11.8 Å². The van der Waals surface area contributed by atoms with Crippen LogP contribution in [0.2, 0.25) is 0 Å². The van der Waals surface area contributed by atoms with Gasteiger partial charge in [-0.25, -0.2) is 23.7 Å². The number of aliphatic hydroxyl groups is 1. The molecule has 3 heterocycles. The summed E-state index contributed by atoms with van der Waals surface area (Å²) in [5, 5.41) is 11.4. The summed E-state index contributed by atoms with van der Waals surface area (Å²) in [7, 11) is 0. The zero-order chi connectivity index (χ0) is 24.2. The van der Waals surface area contributed by atoms with Gasteiger partial charge in [-0.15, -0.1) is 11.8 Å². The van der Waals surface area contributed by atoms with Gasteiger partial charge in [0.2, 0.25) is 0 Å². The monoisotopic (exact) mass is 493 g/mol. The number of fused-ring (bicyclic) bond motifs is 1. The molecule has 1 atom stereocenters. The maximum Gasteiger partial charge on any atom is 0.181 e. The van der Waals surface area contributed by atoms with Crippen molar-refractivity contribution in [2.45, 2.75) is 24.0 Å². The molecule has 0 saturated carbocycles. The number of aliphatic hydroxyl groups excluding tert-OH is 1. The molecular formula is C26H25F2N5OS. The molecule has 0 spiro atoms. The molecule has 180 valence electrons. The fraction of sp³-hybridized carbons (Fsp3) is 0.269. The number of imidazole rings is 1. The lowest BCUT2D eigenvalue weighted by atomic mass is 9.88. The molecule has 2 N–H and O–H groups in total. The molecule has 2 aromatic carbocycles. The van der Waals surface area contributed by atoms with Crippen molar-refractivity contribution in [1.82, 2.24) is 24.8 Å². The van der Waals surface area contributed by atoms with E-state index in [9.17, 15) is 13.9 Å². The fourth-order valence-electron chi connectivity index (χ4n) is 4.44. The van der Waals surface area contributed by atoms with Crippen LogP contribution in [0.15, 0.2) is 71.8 Å². The summed E-state index contributed by atoms with van der Waals surface area (Å²) in [4.78, 5) is 17.9. The van der Waals surface area contributed by atoms with Crippen molar-refractivity contribution in [2.24, 2.45) is 0 Å². The van der Waals surface area contributed by atoms with Crippen molar-refractivity contribution < 1.29 is 13.9 Å². The Balaban J connectivity index is 1.24. The zero-order valence-corrected chi connectivity index (χ0v) is 19.8. The van der Waals surface area contributed by atoms with Crippen LogP contribution < -0.4 is 0 Å². The molecule has 1 saturated heterocycles. The number of nitrogens with zero attached hydrogens (tertiary/aromatic N) is 4. The van der Waals surface area contributed by atoms with Crippen molar-refractivity contribution in [3.63, 3.8) is 0 Å². The topological polar surface area (TPSA) is 77.9 Å². The molecule has 0 amide bonds. The predicted molar refractivity (Wildman–Crippen MR) is 133 cm³/mol. The van der Waals surface area contributed by atoms with Gasteiger partial charge >= 0.3 is 0 Å². The largest absolute Gasteiger partial charge is 0.391 e. The number of benzene rings is 2. The van der Waals surface area contributed by atoms with Crippen LogP contribution in [0.3, 0.4) is 0 Å². The summed E-state index contributed by atoms with van der Waals surface area (Å²) in [5.41, 5.74) is 5.54. The number of aromatic amines is 1. The van der Waals surface area contributed by atoms with Crippen LogP contribution in [0.5, 0.6) is 0 Å². The quantitative estimate of drug-likeness (QED) is 0.288. The maximum atomic E-state index is 13.5. The second kappa shape index (κ2) is 10.6. The molecule has 4 aromatic rings. The lowest BCUT2D eigenvalue weighted by molar-refractivity contribution is 0.125. The van der Waals surface area contributed by atoms with E-state index in [1.165, 1.54) is 47.9 Å². The summed E-state index contributed by atoms with van der Waals surface area (Å²) >= 11 is 1.48. The molecule has 5 rings (SSSR count). The molecule has 2 aromatic heterocycles. The molecule has 1 aliphatic rings. The molecule has 0 radical (unpaired) electrons. The number of nitrogens with one attached hydrogen (secondary N) is 1. The van der Waals surface area contributed by atoms with Crippen molar-refractivity contribution in [3.8, 4) is 0 Å². The first-order chi connectivity index (χ1) is 17.1.